The van der Waals surface area contributed by atoms with Crippen molar-refractivity contribution in [2.45, 2.75) is 60.8 Å². The van der Waals surface area contributed by atoms with Crippen LogP contribution in [-0.2, 0) is 27.5 Å². The number of nitrogens with zero attached hydrogens (tertiary/aromatic N) is 4. The van der Waals surface area contributed by atoms with Crippen molar-refractivity contribution in [3.05, 3.63) is 131 Å². The number of fused-ring (bicyclic) bond motifs is 3. The second-order valence-electron chi connectivity index (χ2n) is 13.3. The molecule has 0 radical (unpaired) electrons. The van der Waals surface area contributed by atoms with Crippen molar-refractivity contribution in [3.63, 3.8) is 0 Å². The van der Waals surface area contributed by atoms with Crippen LogP contribution in [0.2, 0.25) is 0 Å². The minimum Gasteiger partial charge on any atom is -0.509 e. The van der Waals surface area contributed by atoms with Gasteiger partial charge in [-0.2, -0.15) is 16.7 Å². The van der Waals surface area contributed by atoms with Crippen molar-refractivity contribution in [1.82, 2.24) is 19.3 Å². The van der Waals surface area contributed by atoms with Gasteiger partial charge in [-0.05, 0) is 85.0 Å². The van der Waals surface area contributed by atoms with Crippen LogP contribution in [0.1, 0.15) is 61.7 Å². The molecule has 5 nitrogen and oxygen atoms in total. The van der Waals surface area contributed by atoms with Gasteiger partial charge >= 0.3 is 21.1 Å². The fraction of sp³-hybridized carbons (Fsp3) is 0.238. The van der Waals surface area contributed by atoms with Gasteiger partial charge in [-0.15, -0.1) is 35.7 Å². The summed E-state index contributed by atoms with van der Waals surface area (Å²) in [7, 11) is 0. The molecule has 6 heteroatoms. The van der Waals surface area contributed by atoms with Crippen LogP contribution in [0.5, 0.6) is 11.5 Å². The van der Waals surface area contributed by atoms with E-state index in [9.17, 15) is 0 Å². The Kier molecular flexibility index (Phi) is 9.45. The average molecular weight is 812 g/mol. The van der Waals surface area contributed by atoms with Crippen LogP contribution in [-0.4, -0.2) is 19.3 Å². The molecule has 244 valence electrons. The molecule has 0 fully saturated rings. The Balaban J connectivity index is 0.00000401. The van der Waals surface area contributed by atoms with E-state index in [1.165, 1.54) is 16.5 Å². The Hall–Kier alpha value is -4.47. The molecule has 0 atom stereocenters. The van der Waals surface area contributed by atoms with Gasteiger partial charge in [0.05, 0.1) is 5.69 Å². The van der Waals surface area contributed by atoms with E-state index in [-0.39, 0.29) is 21.1 Å². The van der Waals surface area contributed by atoms with Gasteiger partial charge in [-0.1, -0.05) is 75.7 Å². The molecule has 4 aromatic carbocycles. The van der Waals surface area contributed by atoms with E-state index in [4.69, 9.17) is 14.8 Å². The van der Waals surface area contributed by atoms with E-state index < -0.39 is 0 Å². The zero-order valence-electron chi connectivity index (χ0n) is 28.5. The molecule has 0 amide bonds. The van der Waals surface area contributed by atoms with Crippen LogP contribution in [0.15, 0.2) is 91.1 Å². The summed E-state index contributed by atoms with van der Waals surface area (Å²) >= 11 is 0. The number of aromatic nitrogens is 4. The molecule has 0 unspecified atom stereocenters. The zero-order valence-corrected chi connectivity index (χ0v) is 30.8. The molecule has 3 heterocycles. The predicted octanol–water partition coefficient (Wildman–Crippen LogP) is 10.7. The minimum absolute atomic E-state index is 0. The van der Waals surface area contributed by atoms with Crippen molar-refractivity contribution >= 4 is 21.8 Å². The van der Waals surface area contributed by atoms with E-state index in [1.54, 1.807) is 0 Å². The van der Waals surface area contributed by atoms with E-state index in [1.807, 2.05) is 29.1 Å². The van der Waals surface area contributed by atoms with Gasteiger partial charge in [0, 0.05) is 34.5 Å². The van der Waals surface area contributed by atoms with Crippen LogP contribution >= 0.6 is 0 Å². The van der Waals surface area contributed by atoms with Gasteiger partial charge in [-0.3, -0.25) is 4.68 Å². The second kappa shape index (κ2) is 13.6. The summed E-state index contributed by atoms with van der Waals surface area (Å²) in [6.45, 7) is 15.2. The minimum atomic E-state index is 0. The van der Waals surface area contributed by atoms with Crippen molar-refractivity contribution in [3.8, 4) is 34.1 Å². The monoisotopic (exact) mass is 811 g/mol. The number of benzene rings is 4. The molecule has 0 aliphatic rings. The molecule has 0 saturated heterocycles. The van der Waals surface area contributed by atoms with E-state index >= 15 is 0 Å². The predicted molar refractivity (Wildman–Crippen MR) is 192 cm³/mol. The Morgan fingerprint density at radius 2 is 1.58 bits per heavy atom. The molecular weight excluding hydrogens is 772 g/mol. The Morgan fingerprint density at radius 1 is 0.792 bits per heavy atom. The summed E-state index contributed by atoms with van der Waals surface area (Å²) in [4.78, 5) is 4.76. The SMILES string of the molecule is Cc1ccnc(-n2c3[c-]c(Oc4[c-]c(-n5nc(C)c(-c6ccccc6)c5C)cc(CC(C)C)c4)ccc3c3cc(C(C)C)ccc32)c1.[Pt+2]. The summed E-state index contributed by atoms with van der Waals surface area (Å²) < 4.78 is 10.8. The standard InChI is InChI=1S/C42H40N4O.Pt/c1-26(2)19-31-21-34(46-30(7)42(29(6)44-46)32-11-9-8-10-12-32)24-36(22-31)47-35-14-15-37-38-23-33(27(3)4)13-16-39(38)45(40(37)25-35)41-20-28(5)17-18-43-41;/h8-18,20-23,26-27H,19H2,1-7H3;/q-2;+2. The van der Waals surface area contributed by atoms with Crippen LogP contribution in [0, 0.1) is 38.8 Å². The fourth-order valence-electron chi connectivity index (χ4n) is 6.60. The van der Waals surface area contributed by atoms with Crippen molar-refractivity contribution in [2.75, 3.05) is 0 Å². The maximum absolute atomic E-state index is 6.62. The number of ether oxygens (including phenoxy) is 1. The van der Waals surface area contributed by atoms with Gasteiger partial charge in [0.2, 0.25) is 0 Å². The van der Waals surface area contributed by atoms with Gasteiger partial charge in [0.1, 0.15) is 5.82 Å². The molecule has 48 heavy (non-hydrogen) atoms. The maximum Gasteiger partial charge on any atom is 2.00 e. The summed E-state index contributed by atoms with van der Waals surface area (Å²) in [6, 6.07) is 36.9. The molecule has 3 aromatic heterocycles. The third kappa shape index (κ3) is 6.36. The molecule has 7 rings (SSSR count). The van der Waals surface area contributed by atoms with E-state index in [0.717, 1.165) is 62.4 Å². The van der Waals surface area contributed by atoms with Crippen molar-refractivity contribution < 1.29 is 25.8 Å². The molecule has 0 aliphatic carbocycles. The Labute approximate surface area is 297 Å². The number of rotatable bonds is 8. The third-order valence-electron chi connectivity index (χ3n) is 8.81. The van der Waals surface area contributed by atoms with Gasteiger partial charge in [0.15, 0.2) is 0 Å². The first-order chi connectivity index (χ1) is 22.7. The topological polar surface area (TPSA) is 44.9 Å². The number of pyridine rings is 1. The molecule has 0 spiro atoms. The number of hydrogen-bond donors (Lipinski definition) is 0. The number of aryl methyl sites for hydroxylation is 2. The van der Waals surface area contributed by atoms with Gasteiger partial charge < -0.3 is 9.30 Å². The first kappa shape index (κ1) is 33.4. The van der Waals surface area contributed by atoms with Crippen molar-refractivity contribution in [1.29, 1.82) is 0 Å². The average Bonchev–Trinajstić information content (AvgIpc) is 3.53. The number of hydrogen-bond acceptors (Lipinski definition) is 3. The molecule has 0 bridgehead atoms. The van der Waals surface area contributed by atoms with Crippen LogP contribution < -0.4 is 4.74 Å². The summed E-state index contributed by atoms with van der Waals surface area (Å²) in [5.41, 5.74) is 10.9. The van der Waals surface area contributed by atoms with Crippen LogP contribution in [0.25, 0.3) is 44.4 Å². The summed E-state index contributed by atoms with van der Waals surface area (Å²) in [5.74, 6) is 3.04. The van der Waals surface area contributed by atoms with Crippen LogP contribution in [0.4, 0.5) is 0 Å². The molecule has 7 aromatic rings. The first-order valence-electron chi connectivity index (χ1n) is 16.5. The largest absolute Gasteiger partial charge is 2.00 e. The fourth-order valence-corrected chi connectivity index (χ4v) is 6.60. The first-order valence-corrected chi connectivity index (χ1v) is 16.5. The summed E-state index contributed by atoms with van der Waals surface area (Å²) in [6.07, 6.45) is 2.78. The molecular formula is C42H40N4OPt. The molecule has 0 N–H and O–H groups in total. The van der Waals surface area contributed by atoms with Gasteiger partial charge in [0.25, 0.3) is 0 Å². The summed E-state index contributed by atoms with van der Waals surface area (Å²) in [5, 5.41) is 7.28. The molecule has 0 saturated carbocycles. The molecule has 0 aliphatic heterocycles. The smallest absolute Gasteiger partial charge is 0.509 e. The zero-order chi connectivity index (χ0) is 32.8. The van der Waals surface area contributed by atoms with E-state index in [0.29, 0.717) is 23.3 Å². The van der Waals surface area contributed by atoms with E-state index in [2.05, 4.69) is 132 Å². The Morgan fingerprint density at radius 3 is 2.31 bits per heavy atom. The second-order valence-corrected chi connectivity index (χ2v) is 13.3. The van der Waals surface area contributed by atoms with Crippen LogP contribution in [0.3, 0.4) is 0 Å². The quantitative estimate of drug-likeness (QED) is 0.144. The normalized spacial score (nSPS) is 11.5. The third-order valence-corrected chi connectivity index (χ3v) is 8.81. The maximum atomic E-state index is 6.62. The van der Waals surface area contributed by atoms with Gasteiger partial charge in [-0.25, -0.2) is 4.98 Å². The Bertz CT molecular complexity index is 2240. The van der Waals surface area contributed by atoms with Crippen molar-refractivity contribution in [2.24, 2.45) is 5.92 Å².